The van der Waals surface area contributed by atoms with Crippen molar-refractivity contribution in [2.75, 3.05) is 12.4 Å². The first-order chi connectivity index (χ1) is 15.6. The van der Waals surface area contributed by atoms with Crippen molar-refractivity contribution in [3.05, 3.63) is 94.2 Å². The molecular weight excluding hydrogens is 422 g/mol. The van der Waals surface area contributed by atoms with Crippen molar-refractivity contribution in [2.24, 2.45) is 0 Å². The first kappa shape index (κ1) is 21.6. The number of nitrogens with one attached hydrogen (secondary N) is 2. The summed E-state index contributed by atoms with van der Waals surface area (Å²) < 4.78 is 11.0. The van der Waals surface area contributed by atoms with E-state index in [1.165, 1.54) is 5.56 Å². The Morgan fingerprint density at radius 2 is 1.97 bits per heavy atom. The second kappa shape index (κ2) is 9.70. The monoisotopic (exact) mass is 447 g/mol. The summed E-state index contributed by atoms with van der Waals surface area (Å²) >= 11 is 5.72. The van der Waals surface area contributed by atoms with Gasteiger partial charge < -0.3 is 24.4 Å². The summed E-state index contributed by atoms with van der Waals surface area (Å²) in [5, 5.41) is 4.71. The molecule has 2 heterocycles. The van der Waals surface area contributed by atoms with Crippen molar-refractivity contribution in [3.8, 4) is 5.75 Å². The van der Waals surface area contributed by atoms with Gasteiger partial charge in [0.2, 0.25) is 0 Å². The molecule has 32 heavy (non-hydrogen) atoms. The number of hydrogen-bond acceptors (Lipinski definition) is 4. The standard InChI is InChI=1S/C25H25N3O3S/c1-3-17-10-11-21-18(13-17)14-19(24(29)26-21)15-28(16-20-7-6-12-31-20)25(32)27-22-8-4-5-9-23(22)30-2/h4-14H,3,15-16H2,1-2H3,(H,26,29)(H,27,32). The summed E-state index contributed by atoms with van der Waals surface area (Å²) in [6, 6.07) is 19.3. The highest BCUT2D eigenvalue weighted by Gasteiger charge is 2.17. The number of nitrogens with zero attached hydrogens (tertiary/aromatic N) is 1. The first-order valence-corrected chi connectivity index (χ1v) is 10.8. The number of aromatic amines is 1. The van der Waals surface area contributed by atoms with Crippen LogP contribution in [0.2, 0.25) is 0 Å². The van der Waals surface area contributed by atoms with E-state index in [2.05, 4.69) is 23.3 Å². The molecule has 4 aromatic rings. The Labute approximate surface area is 191 Å². The van der Waals surface area contributed by atoms with Gasteiger partial charge in [-0.3, -0.25) is 4.79 Å². The Morgan fingerprint density at radius 1 is 1.12 bits per heavy atom. The molecule has 4 rings (SSSR count). The van der Waals surface area contributed by atoms with Crippen molar-refractivity contribution in [3.63, 3.8) is 0 Å². The second-order valence-electron chi connectivity index (χ2n) is 7.46. The number of aryl methyl sites for hydroxylation is 1. The highest BCUT2D eigenvalue weighted by molar-refractivity contribution is 7.80. The zero-order chi connectivity index (χ0) is 22.5. The molecule has 0 saturated heterocycles. The molecule has 2 aromatic carbocycles. The van der Waals surface area contributed by atoms with Crippen LogP contribution in [0.4, 0.5) is 5.69 Å². The van der Waals surface area contributed by atoms with Crippen LogP contribution in [0, 0.1) is 0 Å². The first-order valence-electron chi connectivity index (χ1n) is 10.4. The molecule has 0 bridgehead atoms. The third-order valence-corrected chi connectivity index (χ3v) is 5.68. The van der Waals surface area contributed by atoms with E-state index in [0.717, 1.165) is 28.8 Å². The fourth-order valence-electron chi connectivity index (χ4n) is 3.58. The highest BCUT2D eigenvalue weighted by atomic mass is 32.1. The summed E-state index contributed by atoms with van der Waals surface area (Å²) in [5.41, 5.74) is 3.29. The van der Waals surface area contributed by atoms with Gasteiger partial charge in [0.25, 0.3) is 5.56 Å². The van der Waals surface area contributed by atoms with E-state index in [1.807, 2.05) is 59.5 Å². The van der Waals surface area contributed by atoms with Crippen LogP contribution in [0.1, 0.15) is 23.8 Å². The predicted molar refractivity (Wildman–Crippen MR) is 131 cm³/mol. The summed E-state index contributed by atoms with van der Waals surface area (Å²) in [4.78, 5) is 17.7. The van der Waals surface area contributed by atoms with Crippen LogP contribution in [-0.4, -0.2) is 22.1 Å². The topological polar surface area (TPSA) is 70.5 Å². The van der Waals surface area contributed by atoms with Crippen molar-refractivity contribution >= 4 is 33.9 Å². The smallest absolute Gasteiger partial charge is 0.253 e. The van der Waals surface area contributed by atoms with Crippen LogP contribution in [-0.2, 0) is 19.5 Å². The molecule has 0 radical (unpaired) electrons. The number of methoxy groups -OCH3 is 1. The molecule has 7 heteroatoms. The van der Waals surface area contributed by atoms with E-state index in [4.69, 9.17) is 21.4 Å². The lowest BCUT2D eigenvalue weighted by atomic mass is 10.1. The number of ether oxygens (including phenoxy) is 1. The number of para-hydroxylation sites is 2. The van der Waals surface area contributed by atoms with Crippen LogP contribution in [0.3, 0.4) is 0 Å². The van der Waals surface area contributed by atoms with E-state index in [9.17, 15) is 4.79 Å². The number of anilines is 1. The van der Waals surface area contributed by atoms with Gasteiger partial charge in [0.05, 0.1) is 32.1 Å². The van der Waals surface area contributed by atoms with Gasteiger partial charge >= 0.3 is 0 Å². The molecule has 0 fully saturated rings. The van der Waals surface area contributed by atoms with Crippen LogP contribution in [0.5, 0.6) is 5.75 Å². The SMILES string of the molecule is CCc1ccc2[nH]c(=O)c(CN(Cc3ccco3)C(=S)Nc3ccccc3OC)cc2c1. The van der Waals surface area contributed by atoms with E-state index in [-0.39, 0.29) is 5.56 Å². The number of furan rings is 1. The van der Waals surface area contributed by atoms with E-state index < -0.39 is 0 Å². The zero-order valence-corrected chi connectivity index (χ0v) is 18.9. The quantitative estimate of drug-likeness (QED) is 0.385. The van der Waals surface area contributed by atoms with Crippen molar-refractivity contribution in [1.82, 2.24) is 9.88 Å². The Kier molecular flexibility index (Phi) is 6.56. The Bertz CT molecular complexity index is 1280. The number of H-pyrrole nitrogens is 1. The molecule has 0 unspecified atom stereocenters. The predicted octanol–water partition coefficient (Wildman–Crippen LogP) is 5.09. The Hall–Kier alpha value is -3.58. The van der Waals surface area contributed by atoms with Crippen LogP contribution in [0.15, 0.2) is 76.1 Å². The molecule has 2 aromatic heterocycles. The number of benzene rings is 2. The highest BCUT2D eigenvalue weighted by Crippen LogP contribution is 2.24. The molecule has 0 aliphatic heterocycles. The molecule has 6 nitrogen and oxygen atoms in total. The van der Waals surface area contributed by atoms with Crippen LogP contribution < -0.4 is 15.6 Å². The average molecular weight is 448 g/mol. The van der Waals surface area contributed by atoms with E-state index in [1.54, 1.807) is 13.4 Å². The minimum atomic E-state index is -0.133. The van der Waals surface area contributed by atoms with Gasteiger partial charge in [-0.15, -0.1) is 0 Å². The molecule has 2 N–H and O–H groups in total. The molecule has 0 amide bonds. The maximum absolute atomic E-state index is 12.8. The number of rotatable bonds is 7. The van der Waals surface area contributed by atoms with E-state index in [0.29, 0.717) is 29.5 Å². The second-order valence-corrected chi connectivity index (χ2v) is 7.85. The minimum Gasteiger partial charge on any atom is -0.495 e. The Balaban J connectivity index is 1.65. The van der Waals surface area contributed by atoms with Gasteiger partial charge in [0.1, 0.15) is 11.5 Å². The van der Waals surface area contributed by atoms with Crippen molar-refractivity contribution in [2.45, 2.75) is 26.4 Å². The molecule has 164 valence electrons. The third kappa shape index (κ3) is 4.84. The van der Waals surface area contributed by atoms with Gasteiger partial charge in [-0.05, 0) is 72.1 Å². The van der Waals surface area contributed by atoms with Crippen molar-refractivity contribution in [1.29, 1.82) is 0 Å². The molecule has 0 atom stereocenters. The molecule has 0 aliphatic carbocycles. The molecule has 0 aliphatic rings. The van der Waals surface area contributed by atoms with Gasteiger partial charge in [-0.2, -0.15) is 0 Å². The van der Waals surface area contributed by atoms with Gasteiger partial charge in [0.15, 0.2) is 5.11 Å². The maximum atomic E-state index is 12.8. The lowest BCUT2D eigenvalue weighted by Crippen LogP contribution is -2.35. The minimum absolute atomic E-state index is 0.133. The molecule has 0 saturated carbocycles. The van der Waals surface area contributed by atoms with Crippen LogP contribution in [0.25, 0.3) is 10.9 Å². The number of hydrogen-bond donors (Lipinski definition) is 2. The average Bonchev–Trinajstić information content (AvgIpc) is 3.32. The fourth-order valence-corrected chi connectivity index (χ4v) is 3.82. The van der Waals surface area contributed by atoms with Gasteiger partial charge in [-0.25, -0.2) is 0 Å². The number of thiocarbonyl (C=S) groups is 1. The molecule has 0 spiro atoms. The summed E-state index contributed by atoms with van der Waals surface area (Å²) in [6.07, 6.45) is 2.56. The van der Waals surface area contributed by atoms with Gasteiger partial charge in [-0.1, -0.05) is 25.1 Å². The lowest BCUT2D eigenvalue weighted by Gasteiger charge is -2.25. The number of aromatic nitrogens is 1. The third-order valence-electron chi connectivity index (χ3n) is 5.32. The number of fused-ring (bicyclic) bond motifs is 1. The fraction of sp³-hybridized carbons (Fsp3) is 0.200. The number of pyridine rings is 1. The summed E-state index contributed by atoms with van der Waals surface area (Å²) in [7, 11) is 1.61. The van der Waals surface area contributed by atoms with Crippen LogP contribution >= 0.6 is 12.2 Å². The normalized spacial score (nSPS) is 10.8. The molecular formula is C25H25N3O3S. The largest absolute Gasteiger partial charge is 0.495 e. The summed E-state index contributed by atoms with van der Waals surface area (Å²) in [5.74, 6) is 1.43. The van der Waals surface area contributed by atoms with E-state index >= 15 is 0 Å². The van der Waals surface area contributed by atoms with Crippen molar-refractivity contribution < 1.29 is 9.15 Å². The zero-order valence-electron chi connectivity index (χ0n) is 18.1. The lowest BCUT2D eigenvalue weighted by molar-refractivity contribution is 0.359. The van der Waals surface area contributed by atoms with Gasteiger partial charge in [0, 0.05) is 11.1 Å². The maximum Gasteiger partial charge on any atom is 0.253 e. The summed E-state index contributed by atoms with van der Waals surface area (Å²) in [6.45, 7) is 2.85. The Morgan fingerprint density at radius 3 is 2.72 bits per heavy atom.